The van der Waals surface area contributed by atoms with E-state index in [1.807, 2.05) is 26.8 Å². The van der Waals surface area contributed by atoms with Crippen molar-refractivity contribution in [1.29, 1.82) is 0 Å². The molecule has 0 saturated carbocycles. The number of phenols is 1. The van der Waals surface area contributed by atoms with Crippen molar-refractivity contribution in [1.82, 2.24) is 0 Å². The quantitative estimate of drug-likeness (QED) is 0.824. The Kier molecular flexibility index (Phi) is 3.64. The Hall–Kier alpha value is -1.02. The average molecular weight is 221 g/mol. The second kappa shape index (κ2) is 4.46. The first-order valence-electron chi connectivity index (χ1n) is 5.82. The van der Waals surface area contributed by atoms with Gasteiger partial charge in [0.15, 0.2) is 0 Å². The third kappa shape index (κ3) is 3.24. The van der Waals surface area contributed by atoms with Crippen LogP contribution in [0.4, 0.5) is 0 Å². The average Bonchev–Trinajstić information content (AvgIpc) is 2.07. The number of rotatable bonds is 3. The van der Waals surface area contributed by atoms with E-state index in [1.54, 1.807) is 0 Å². The van der Waals surface area contributed by atoms with Crippen molar-refractivity contribution in [2.45, 2.75) is 52.5 Å². The summed E-state index contributed by atoms with van der Waals surface area (Å²) in [5.74, 6) is 0.728. The molecule has 0 spiro atoms. The van der Waals surface area contributed by atoms with Gasteiger partial charge in [0.05, 0.1) is 0 Å². The third-order valence-corrected chi connectivity index (χ3v) is 2.75. The van der Waals surface area contributed by atoms with Gasteiger partial charge in [0.25, 0.3) is 0 Å². The first-order valence-corrected chi connectivity index (χ1v) is 5.82. The molecular weight excluding hydrogens is 198 g/mol. The highest BCUT2D eigenvalue weighted by atomic mass is 16.3. The van der Waals surface area contributed by atoms with Gasteiger partial charge in [-0.25, -0.2) is 0 Å². The Bertz CT molecular complexity index is 375. The maximum absolute atomic E-state index is 9.85. The molecule has 0 atom stereocenters. The van der Waals surface area contributed by atoms with Gasteiger partial charge in [-0.1, -0.05) is 19.9 Å². The zero-order valence-electron chi connectivity index (χ0n) is 11.0. The van der Waals surface area contributed by atoms with Crippen molar-refractivity contribution in [3.63, 3.8) is 0 Å². The maximum atomic E-state index is 9.85. The summed E-state index contributed by atoms with van der Waals surface area (Å²) in [5.41, 5.74) is 9.17. The first kappa shape index (κ1) is 13.0. The number of benzene rings is 1. The van der Waals surface area contributed by atoms with Crippen LogP contribution in [0, 0.1) is 6.92 Å². The van der Waals surface area contributed by atoms with Crippen molar-refractivity contribution in [2.75, 3.05) is 0 Å². The van der Waals surface area contributed by atoms with E-state index in [1.165, 1.54) is 5.56 Å². The predicted octanol–water partition coefficient (Wildman–Crippen LogP) is 3.10. The molecule has 1 aromatic rings. The van der Waals surface area contributed by atoms with Crippen molar-refractivity contribution in [3.8, 4) is 5.75 Å². The lowest BCUT2D eigenvalue weighted by Crippen LogP contribution is -2.34. The molecular formula is C14H23NO. The first-order chi connectivity index (χ1) is 7.20. The molecule has 0 heterocycles. The van der Waals surface area contributed by atoms with Crippen LogP contribution in [0.2, 0.25) is 0 Å². The molecule has 0 fully saturated rings. The number of phenolic OH excluding ortho intramolecular Hbond substituents is 1. The van der Waals surface area contributed by atoms with Gasteiger partial charge >= 0.3 is 0 Å². The Morgan fingerprint density at radius 1 is 1.31 bits per heavy atom. The zero-order chi connectivity index (χ0) is 12.5. The lowest BCUT2D eigenvalue weighted by Gasteiger charge is -2.21. The van der Waals surface area contributed by atoms with Crippen LogP contribution in [0.25, 0.3) is 0 Å². The minimum absolute atomic E-state index is 0.212. The smallest absolute Gasteiger partial charge is 0.119 e. The van der Waals surface area contributed by atoms with Gasteiger partial charge in [0.1, 0.15) is 5.75 Å². The Labute approximate surface area is 98.5 Å². The van der Waals surface area contributed by atoms with E-state index >= 15 is 0 Å². The lowest BCUT2D eigenvalue weighted by molar-refractivity contribution is 0.462. The molecule has 0 unspecified atom stereocenters. The van der Waals surface area contributed by atoms with Crippen molar-refractivity contribution < 1.29 is 5.11 Å². The highest BCUT2D eigenvalue weighted by molar-refractivity contribution is 5.43. The molecule has 2 heteroatoms. The van der Waals surface area contributed by atoms with E-state index in [0.717, 1.165) is 17.5 Å². The SMILES string of the molecule is Cc1cc(O)c(C(C)C)cc1CC(C)(C)N. The second-order valence-corrected chi connectivity index (χ2v) is 5.66. The molecule has 0 bridgehead atoms. The van der Waals surface area contributed by atoms with E-state index in [2.05, 4.69) is 19.9 Å². The summed E-state index contributed by atoms with van der Waals surface area (Å²) in [7, 11) is 0. The number of nitrogens with two attached hydrogens (primary N) is 1. The molecule has 0 aliphatic carbocycles. The van der Waals surface area contributed by atoms with E-state index in [4.69, 9.17) is 5.73 Å². The molecule has 1 rings (SSSR count). The van der Waals surface area contributed by atoms with E-state index < -0.39 is 0 Å². The maximum Gasteiger partial charge on any atom is 0.119 e. The predicted molar refractivity (Wildman–Crippen MR) is 68.9 cm³/mol. The van der Waals surface area contributed by atoms with Crippen LogP contribution in [-0.2, 0) is 6.42 Å². The molecule has 0 aromatic heterocycles. The Morgan fingerprint density at radius 3 is 2.31 bits per heavy atom. The van der Waals surface area contributed by atoms with E-state index in [0.29, 0.717) is 11.7 Å². The van der Waals surface area contributed by atoms with Crippen LogP contribution in [0.1, 0.15) is 50.3 Å². The molecule has 1 aromatic carbocycles. The topological polar surface area (TPSA) is 46.2 Å². The number of hydrogen-bond acceptors (Lipinski definition) is 2. The molecule has 0 radical (unpaired) electrons. The zero-order valence-corrected chi connectivity index (χ0v) is 11.0. The van der Waals surface area contributed by atoms with Crippen LogP contribution in [0.3, 0.4) is 0 Å². The van der Waals surface area contributed by atoms with Gasteiger partial charge < -0.3 is 10.8 Å². The minimum Gasteiger partial charge on any atom is -0.508 e. The van der Waals surface area contributed by atoms with Crippen LogP contribution < -0.4 is 5.73 Å². The Morgan fingerprint density at radius 2 is 1.88 bits per heavy atom. The highest BCUT2D eigenvalue weighted by Crippen LogP contribution is 2.29. The van der Waals surface area contributed by atoms with Gasteiger partial charge in [-0.3, -0.25) is 0 Å². The molecule has 0 aliphatic heterocycles. The largest absolute Gasteiger partial charge is 0.508 e. The summed E-state index contributed by atoms with van der Waals surface area (Å²) < 4.78 is 0. The van der Waals surface area contributed by atoms with Crippen molar-refractivity contribution in [2.24, 2.45) is 5.73 Å². The van der Waals surface area contributed by atoms with Crippen LogP contribution >= 0.6 is 0 Å². The van der Waals surface area contributed by atoms with Crippen molar-refractivity contribution in [3.05, 3.63) is 28.8 Å². The fourth-order valence-electron chi connectivity index (χ4n) is 1.90. The number of aromatic hydroxyl groups is 1. The van der Waals surface area contributed by atoms with E-state index in [-0.39, 0.29) is 5.54 Å². The molecule has 0 saturated heterocycles. The summed E-state index contributed by atoms with van der Waals surface area (Å²) >= 11 is 0. The van der Waals surface area contributed by atoms with Gasteiger partial charge in [-0.05, 0) is 55.9 Å². The third-order valence-electron chi connectivity index (χ3n) is 2.75. The fourth-order valence-corrected chi connectivity index (χ4v) is 1.90. The molecule has 2 nitrogen and oxygen atoms in total. The standard InChI is InChI=1S/C14H23NO/c1-9(2)12-7-11(8-14(4,5)15)10(3)6-13(12)16/h6-7,9,16H,8,15H2,1-5H3. The fraction of sp³-hybridized carbons (Fsp3) is 0.571. The van der Waals surface area contributed by atoms with Crippen LogP contribution in [-0.4, -0.2) is 10.6 Å². The normalized spacial score (nSPS) is 12.2. The van der Waals surface area contributed by atoms with Gasteiger partial charge in [-0.15, -0.1) is 0 Å². The lowest BCUT2D eigenvalue weighted by atomic mass is 9.89. The van der Waals surface area contributed by atoms with Gasteiger partial charge in [0, 0.05) is 5.54 Å². The van der Waals surface area contributed by atoms with Gasteiger partial charge in [-0.2, -0.15) is 0 Å². The summed E-state index contributed by atoms with van der Waals surface area (Å²) in [6.45, 7) is 10.2. The van der Waals surface area contributed by atoms with Crippen LogP contribution in [0.5, 0.6) is 5.75 Å². The summed E-state index contributed by atoms with van der Waals surface area (Å²) in [6.07, 6.45) is 0.832. The van der Waals surface area contributed by atoms with Crippen molar-refractivity contribution >= 4 is 0 Å². The van der Waals surface area contributed by atoms with Gasteiger partial charge in [0.2, 0.25) is 0 Å². The monoisotopic (exact) mass is 221 g/mol. The molecule has 3 N–H and O–H groups in total. The molecule has 90 valence electrons. The minimum atomic E-state index is -0.212. The number of aryl methyl sites for hydroxylation is 1. The second-order valence-electron chi connectivity index (χ2n) is 5.66. The molecule has 16 heavy (non-hydrogen) atoms. The summed E-state index contributed by atoms with van der Waals surface area (Å²) in [4.78, 5) is 0. The molecule has 0 aliphatic rings. The van der Waals surface area contributed by atoms with E-state index in [9.17, 15) is 5.11 Å². The molecule has 0 amide bonds. The highest BCUT2D eigenvalue weighted by Gasteiger charge is 2.16. The summed E-state index contributed by atoms with van der Waals surface area (Å²) in [6, 6.07) is 3.93. The summed E-state index contributed by atoms with van der Waals surface area (Å²) in [5, 5.41) is 9.85. The van der Waals surface area contributed by atoms with Crippen LogP contribution in [0.15, 0.2) is 12.1 Å². The Balaban J connectivity index is 3.15. The number of hydrogen-bond donors (Lipinski definition) is 2.